The summed E-state index contributed by atoms with van der Waals surface area (Å²) in [6, 6.07) is 12.8. The van der Waals surface area contributed by atoms with Gasteiger partial charge >= 0.3 is 5.97 Å². The lowest BCUT2D eigenvalue weighted by Crippen LogP contribution is -2.13. The zero-order valence-electron chi connectivity index (χ0n) is 18.2. The molecule has 0 heterocycles. The van der Waals surface area contributed by atoms with E-state index in [4.69, 9.17) is 4.74 Å². The van der Waals surface area contributed by atoms with Crippen molar-refractivity contribution in [2.24, 2.45) is 0 Å². The van der Waals surface area contributed by atoms with Crippen LogP contribution in [0.25, 0.3) is 16.3 Å². The number of unbranched alkanes of at least 4 members (excludes halogenated alkanes) is 7. The number of benzene rings is 2. The van der Waals surface area contributed by atoms with Crippen LogP contribution in [0.3, 0.4) is 0 Å². The molecule has 1 atom stereocenters. The summed E-state index contributed by atoms with van der Waals surface area (Å²) in [6.07, 6.45) is 14.3. The first kappa shape index (κ1) is 21.6. The molecule has 1 aliphatic carbocycles. The summed E-state index contributed by atoms with van der Waals surface area (Å²) in [5, 5.41) is 2.49. The maximum Gasteiger partial charge on any atom is 0.306 e. The van der Waals surface area contributed by atoms with Gasteiger partial charge in [-0.25, -0.2) is 0 Å². The number of esters is 1. The third kappa shape index (κ3) is 5.72. The molecular formula is C27H36O2. The summed E-state index contributed by atoms with van der Waals surface area (Å²) in [5.74, 6) is -0.0639. The largest absolute Gasteiger partial charge is 0.453 e. The summed E-state index contributed by atoms with van der Waals surface area (Å²) < 4.78 is 5.98. The van der Waals surface area contributed by atoms with E-state index in [2.05, 4.69) is 56.3 Å². The van der Waals surface area contributed by atoms with Gasteiger partial charge in [0, 0.05) is 12.0 Å². The van der Waals surface area contributed by atoms with Crippen molar-refractivity contribution >= 4 is 22.3 Å². The quantitative estimate of drug-likeness (QED) is 0.269. The predicted molar refractivity (Wildman–Crippen MR) is 123 cm³/mol. The van der Waals surface area contributed by atoms with Crippen molar-refractivity contribution < 1.29 is 9.53 Å². The minimum absolute atomic E-state index is 0.0639. The molecule has 0 spiro atoms. The molecule has 0 fully saturated rings. The molecule has 0 aliphatic heterocycles. The second kappa shape index (κ2) is 11.2. The van der Waals surface area contributed by atoms with E-state index in [1.54, 1.807) is 0 Å². The first-order valence-corrected chi connectivity index (χ1v) is 11.7. The Morgan fingerprint density at radius 1 is 0.862 bits per heavy atom. The monoisotopic (exact) mass is 392 g/mol. The summed E-state index contributed by atoms with van der Waals surface area (Å²) in [4.78, 5) is 12.5. The Morgan fingerprint density at radius 3 is 2.31 bits per heavy atom. The number of ether oxygens (including phenoxy) is 1. The molecule has 1 unspecified atom stereocenters. The van der Waals surface area contributed by atoms with Crippen LogP contribution in [0.15, 0.2) is 42.5 Å². The normalized spacial score (nSPS) is 15.4. The lowest BCUT2D eigenvalue weighted by atomic mass is 9.85. The molecule has 0 N–H and O–H groups in total. The SMILES string of the molecule is CCCCCCCCCC(=O)OC1C=C(CCCC)c2cccc3cccc1c23. The first-order valence-electron chi connectivity index (χ1n) is 11.7. The molecule has 3 rings (SSSR count). The van der Waals surface area contributed by atoms with Crippen molar-refractivity contribution in [2.75, 3.05) is 0 Å². The van der Waals surface area contributed by atoms with E-state index >= 15 is 0 Å². The van der Waals surface area contributed by atoms with Crippen LogP contribution in [0, 0.1) is 0 Å². The van der Waals surface area contributed by atoms with Gasteiger partial charge in [-0.1, -0.05) is 95.2 Å². The Hall–Kier alpha value is -2.09. The second-order valence-electron chi connectivity index (χ2n) is 8.33. The van der Waals surface area contributed by atoms with Gasteiger partial charge in [-0.15, -0.1) is 0 Å². The molecule has 0 amide bonds. The minimum atomic E-state index is -0.252. The number of allylic oxidation sites excluding steroid dienone is 1. The van der Waals surface area contributed by atoms with Gasteiger partial charge in [-0.2, -0.15) is 0 Å². The molecule has 0 aromatic heterocycles. The van der Waals surface area contributed by atoms with E-state index in [1.807, 2.05) is 0 Å². The standard InChI is InChI=1S/C27H36O2/c1-3-5-7-8-9-10-11-19-26(28)29-25-20-22(14-6-4-2)23-17-12-15-21-16-13-18-24(25)27(21)23/h12-13,15-18,20,25H,3-11,14,19H2,1-2H3. The van der Waals surface area contributed by atoms with Crippen molar-refractivity contribution in [3.05, 3.63) is 53.6 Å². The van der Waals surface area contributed by atoms with E-state index in [-0.39, 0.29) is 12.1 Å². The zero-order chi connectivity index (χ0) is 20.5. The molecular weight excluding hydrogens is 356 g/mol. The Kier molecular flexibility index (Phi) is 8.34. The fourth-order valence-corrected chi connectivity index (χ4v) is 4.35. The number of carbonyl (C=O) groups is 1. The van der Waals surface area contributed by atoms with Crippen LogP contribution >= 0.6 is 0 Å². The molecule has 2 heteroatoms. The van der Waals surface area contributed by atoms with Gasteiger partial charge in [0.1, 0.15) is 6.10 Å². The van der Waals surface area contributed by atoms with Crippen LogP contribution in [0.1, 0.15) is 102 Å². The number of carbonyl (C=O) groups excluding carboxylic acids is 1. The second-order valence-corrected chi connectivity index (χ2v) is 8.33. The third-order valence-electron chi connectivity index (χ3n) is 5.98. The fourth-order valence-electron chi connectivity index (χ4n) is 4.35. The summed E-state index contributed by atoms with van der Waals surface area (Å²) >= 11 is 0. The Morgan fingerprint density at radius 2 is 1.55 bits per heavy atom. The molecule has 2 aromatic rings. The highest BCUT2D eigenvalue weighted by atomic mass is 16.5. The molecule has 29 heavy (non-hydrogen) atoms. The van der Waals surface area contributed by atoms with Crippen LogP contribution < -0.4 is 0 Å². The van der Waals surface area contributed by atoms with Crippen LogP contribution in [0.4, 0.5) is 0 Å². The summed E-state index contributed by atoms with van der Waals surface area (Å²) in [5.41, 5.74) is 3.77. The van der Waals surface area contributed by atoms with Crippen LogP contribution in [-0.2, 0) is 9.53 Å². The zero-order valence-corrected chi connectivity index (χ0v) is 18.2. The van der Waals surface area contributed by atoms with E-state index in [0.717, 1.165) is 37.7 Å². The molecule has 1 aliphatic rings. The number of hydrogen-bond donors (Lipinski definition) is 0. The molecule has 2 nitrogen and oxygen atoms in total. The van der Waals surface area contributed by atoms with E-state index < -0.39 is 0 Å². The maximum absolute atomic E-state index is 12.5. The highest BCUT2D eigenvalue weighted by Gasteiger charge is 2.24. The van der Waals surface area contributed by atoms with Crippen molar-refractivity contribution in [3.8, 4) is 0 Å². The Bertz CT molecular complexity index is 828. The van der Waals surface area contributed by atoms with Gasteiger partial charge < -0.3 is 4.74 Å². The highest BCUT2D eigenvalue weighted by Crippen LogP contribution is 2.41. The van der Waals surface area contributed by atoms with E-state index in [9.17, 15) is 4.79 Å². The van der Waals surface area contributed by atoms with Gasteiger partial charge in [-0.3, -0.25) is 4.79 Å². The molecule has 0 radical (unpaired) electrons. The van der Waals surface area contributed by atoms with E-state index in [0.29, 0.717) is 6.42 Å². The summed E-state index contributed by atoms with van der Waals surface area (Å²) in [6.45, 7) is 4.46. The van der Waals surface area contributed by atoms with Crippen molar-refractivity contribution in [2.45, 2.75) is 90.6 Å². The molecule has 0 bridgehead atoms. The number of hydrogen-bond acceptors (Lipinski definition) is 2. The van der Waals surface area contributed by atoms with Gasteiger partial charge in [0.2, 0.25) is 0 Å². The topological polar surface area (TPSA) is 26.3 Å². The van der Waals surface area contributed by atoms with Gasteiger partial charge in [0.25, 0.3) is 0 Å². The van der Waals surface area contributed by atoms with Gasteiger partial charge in [-0.05, 0) is 47.2 Å². The molecule has 156 valence electrons. The maximum atomic E-state index is 12.5. The summed E-state index contributed by atoms with van der Waals surface area (Å²) in [7, 11) is 0. The lowest BCUT2D eigenvalue weighted by molar-refractivity contribution is -0.147. The highest BCUT2D eigenvalue weighted by molar-refractivity contribution is 5.98. The average molecular weight is 393 g/mol. The Balaban J connectivity index is 1.65. The molecule has 0 saturated carbocycles. The van der Waals surface area contributed by atoms with Crippen LogP contribution in [-0.4, -0.2) is 5.97 Å². The Labute approximate surface area is 176 Å². The van der Waals surface area contributed by atoms with Gasteiger partial charge in [0.15, 0.2) is 0 Å². The average Bonchev–Trinajstić information content (AvgIpc) is 2.74. The smallest absolute Gasteiger partial charge is 0.306 e. The van der Waals surface area contributed by atoms with E-state index in [1.165, 1.54) is 54.0 Å². The van der Waals surface area contributed by atoms with Crippen LogP contribution in [0.5, 0.6) is 0 Å². The predicted octanol–water partition coefficient (Wildman–Crippen LogP) is 8.15. The number of rotatable bonds is 12. The molecule has 2 aromatic carbocycles. The first-order chi connectivity index (χ1) is 14.2. The van der Waals surface area contributed by atoms with Crippen molar-refractivity contribution in [1.29, 1.82) is 0 Å². The lowest BCUT2D eigenvalue weighted by Gasteiger charge is -2.25. The van der Waals surface area contributed by atoms with Crippen molar-refractivity contribution in [3.63, 3.8) is 0 Å². The van der Waals surface area contributed by atoms with Crippen LogP contribution in [0.2, 0.25) is 0 Å². The third-order valence-corrected chi connectivity index (χ3v) is 5.98. The van der Waals surface area contributed by atoms with Crippen molar-refractivity contribution in [1.82, 2.24) is 0 Å². The van der Waals surface area contributed by atoms with Gasteiger partial charge in [0.05, 0.1) is 0 Å². The fraction of sp³-hybridized carbons (Fsp3) is 0.519. The molecule has 0 saturated heterocycles. The minimum Gasteiger partial charge on any atom is -0.453 e.